The van der Waals surface area contributed by atoms with E-state index in [0.29, 0.717) is 47.7 Å². The predicted molar refractivity (Wildman–Crippen MR) is 114 cm³/mol. The van der Waals surface area contributed by atoms with E-state index < -0.39 is 6.36 Å². The average Bonchev–Trinajstić information content (AvgIpc) is 3.19. The number of fused-ring (bicyclic) bond motifs is 3. The number of aromatic nitrogens is 4. The number of nitrogens with zero attached hydrogens (tertiary/aromatic N) is 5. The summed E-state index contributed by atoms with van der Waals surface area (Å²) >= 11 is 0. The molecule has 0 spiro atoms. The van der Waals surface area contributed by atoms with Crippen LogP contribution in [0.1, 0.15) is 27.2 Å². The van der Waals surface area contributed by atoms with Crippen LogP contribution in [0.4, 0.5) is 24.7 Å². The maximum absolute atomic E-state index is 12.7. The third-order valence-corrected chi connectivity index (χ3v) is 5.43. The number of hydrogen-bond acceptors (Lipinski definition) is 7. The van der Waals surface area contributed by atoms with E-state index in [1.807, 2.05) is 0 Å². The second kappa shape index (κ2) is 8.71. The van der Waals surface area contributed by atoms with E-state index in [0.717, 1.165) is 25.2 Å². The van der Waals surface area contributed by atoms with Crippen LogP contribution < -0.4 is 19.7 Å². The van der Waals surface area contributed by atoms with E-state index in [4.69, 9.17) is 9.84 Å². The number of nitrogens with one attached hydrogen (secondary N) is 1. The summed E-state index contributed by atoms with van der Waals surface area (Å²) in [7, 11) is 0. The van der Waals surface area contributed by atoms with Crippen molar-refractivity contribution in [2.45, 2.75) is 33.6 Å². The molecule has 1 aliphatic heterocycles. The number of halogens is 3. The van der Waals surface area contributed by atoms with Crippen LogP contribution in [0, 0.1) is 5.92 Å². The lowest BCUT2D eigenvalue weighted by atomic mass is 10.1. The molecule has 0 fully saturated rings. The third-order valence-electron chi connectivity index (χ3n) is 5.43. The molecular formula is C21H25F3N6O2. The van der Waals surface area contributed by atoms with Crippen LogP contribution in [0.25, 0.3) is 17.0 Å². The van der Waals surface area contributed by atoms with Crippen molar-refractivity contribution in [3.63, 3.8) is 0 Å². The molecule has 0 amide bonds. The molecule has 3 heterocycles. The summed E-state index contributed by atoms with van der Waals surface area (Å²) in [5, 5.41) is 16.6. The smallest absolute Gasteiger partial charge is 0.486 e. The first-order valence-electron chi connectivity index (χ1n) is 10.6. The van der Waals surface area contributed by atoms with Crippen molar-refractivity contribution in [1.82, 2.24) is 19.8 Å². The largest absolute Gasteiger partial charge is 0.573 e. The van der Waals surface area contributed by atoms with E-state index in [9.17, 15) is 13.2 Å². The highest BCUT2D eigenvalue weighted by atomic mass is 19.4. The van der Waals surface area contributed by atoms with Gasteiger partial charge in [0.2, 0.25) is 5.65 Å². The van der Waals surface area contributed by atoms with Crippen molar-refractivity contribution in [3.8, 4) is 22.9 Å². The molecule has 1 aromatic carbocycles. The Morgan fingerprint density at radius 1 is 1.25 bits per heavy atom. The van der Waals surface area contributed by atoms with Crippen LogP contribution in [0.5, 0.6) is 11.5 Å². The number of anilines is 2. The van der Waals surface area contributed by atoms with Crippen molar-refractivity contribution in [3.05, 3.63) is 24.3 Å². The minimum Gasteiger partial charge on any atom is -0.486 e. The Hall–Kier alpha value is -3.24. The second-order valence-corrected chi connectivity index (χ2v) is 7.68. The monoisotopic (exact) mass is 450 g/mol. The molecule has 11 heteroatoms. The van der Waals surface area contributed by atoms with Crippen LogP contribution in [0.15, 0.2) is 24.3 Å². The molecule has 1 unspecified atom stereocenters. The SMILES string of the molecule is CCC(C)CNc1nn2c(-c3cccc(OC(F)(F)F)c3)nnc2c2c1N(CC)CCO2. The summed E-state index contributed by atoms with van der Waals surface area (Å²) in [6, 6.07) is 5.59. The Morgan fingerprint density at radius 3 is 2.78 bits per heavy atom. The standard InChI is InChI=1S/C21H25F3N6O2/c1-4-13(3)12-25-18-16-17(31-10-9-29(16)5-2)20-27-26-19(30(20)28-18)14-7-6-8-15(11-14)32-21(22,23)24/h6-8,11,13H,4-5,9-10,12H2,1-3H3,(H,25,28). The van der Waals surface area contributed by atoms with Gasteiger partial charge in [-0.25, -0.2) is 0 Å². The van der Waals surface area contributed by atoms with E-state index in [1.54, 1.807) is 6.07 Å². The van der Waals surface area contributed by atoms with Crippen LogP contribution in [0.2, 0.25) is 0 Å². The van der Waals surface area contributed by atoms with Gasteiger partial charge in [-0.05, 0) is 25.0 Å². The topological polar surface area (TPSA) is 76.8 Å². The number of ether oxygens (including phenoxy) is 2. The van der Waals surface area contributed by atoms with Gasteiger partial charge in [-0.2, -0.15) is 4.52 Å². The lowest BCUT2D eigenvalue weighted by molar-refractivity contribution is -0.274. The minimum atomic E-state index is -4.78. The summed E-state index contributed by atoms with van der Waals surface area (Å²) in [6.07, 6.45) is -3.78. The molecule has 0 saturated carbocycles. The molecule has 1 aliphatic rings. The van der Waals surface area contributed by atoms with E-state index in [1.165, 1.54) is 22.7 Å². The summed E-state index contributed by atoms with van der Waals surface area (Å²) < 4.78 is 49.5. The Bertz CT molecular complexity index is 1100. The van der Waals surface area contributed by atoms with Crippen molar-refractivity contribution in [1.29, 1.82) is 0 Å². The first kappa shape index (κ1) is 22.0. The maximum atomic E-state index is 12.7. The zero-order valence-corrected chi connectivity index (χ0v) is 18.1. The Morgan fingerprint density at radius 2 is 2.06 bits per heavy atom. The van der Waals surface area contributed by atoms with E-state index in [2.05, 4.69) is 45.9 Å². The summed E-state index contributed by atoms with van der Waals surface area (Å²) in [6.45, 7) is 9.00. The predicted octanol–water partition coefficient (Wildman–Crippen LogP) is 4.37. The zero-order valence-electron chi connectivity index (χ0n) is 18.1. The van der Waals surface area contributed by atoms with Gasteiger partial charge in [0, 0.05) is 18.7 Å². The van der Waals surface area contributed by atoms with Gasteiger partial charge in [0.05, 0.1) is 6.54 Å². The number of likely N-dealkylation sites (N-methyl/N-ethyl adjacent to an activating group) is 1. The van der Waals surface area contributed by atoms with Gasteiger partial charge in [-0.1, -0.05) is 32.4 Å². The molecule has 0 bridgehead atoms. The van der Waals surface area contributed by atoms with Gasteiger partial charge >= 0.3 is 6.36 Å². The second-order valence-electron chi connectivity index (χ2n) is 7.68. The fraction of sp³-hybridized carbons (Fsp3) is 0.476. The zero-order chi connectivity index (χ0) is 22.9. The van der Waals surface area contributed by atoms with Crippen molar-refractivity contribution in [2.75, 3.05) is 36.5 Å². The van der Waals surface area contributed by atoms with Gasteiger partial charge < -0.3 is 19.7 Å². The Balaban J connectivity index is 1.82. The first-order chi connectivity index (χ1) is 15.3. The van der Waals surface area contributed by atoms with Crippen molar-refractivity contribution in [2.24, 2.45) is 5.92 Å². The molecule has 0 saturated heterocycles. The highest BCUT2D eigenvalue weighted by molar-refractivity contribution is 5.82. The number of benzene rings is 1. The number of hydrogen-bond donors (Lipinski definition) is 1. The summed E-state index contributed by atoms with van der Waals surface area (Å²) in [4.78, 5) is 2.16. The summed E-state index contributed by atoms with van der Waals surface area (Å²) in [5.41, 5.74) is 1.62. The maximum Gasteiger partial charge on any atom is 0.573 e. The lowest BCUT2D eigenvalue weighted by Gasteiger charge is -2.31. The fourth-order valence-corrected chi connectivity index (χ4v) is 3.54. The molecule has 2 aromatic heterocycles. The lowest BCUT2D eigenvalue weighted by Crippen LogP contribution is -2.34. The average molecular weight is 450 g/mol. The third kappa shape index (κ3) is 4.37. The molecule has 1 N–H and O–H groups in total. The van der Waals surface area contributed by atoms with Crippen LogP contribution in [-0.4, -0.2) is 52.4 Å². The molecule has 32 heavy (non-hydrogen) atoms. The van der Waals surface area contributed by atoms with Gasteiger partial charge in [0.15, 0.2) is 17.4 Å². The molecule has 4 rings (SSSR count). The van der Waals surface area contributed by atoms with Crippen molar-refractivity contribution < 1.29 is 22.6 Å². The Labute approximate surface area is 183 Å². The van der Waals surface area contributed by atoms with Gasteiger partial charge in [0.25, 0.3) is 0 Å². The van der Waals surface area contributed by atoms with Gasteiger partial charge in [0.1, 0.15) is 18.0 Å². The van der Waals surface area contributed by atoms with Crippen LogP contribution in [-0.2, 0) is 0 Å². The number of rotatable bonds is 7. The highest BCUT2D eigenvalue weighted by Crippen LogP contribution is 2.41. The molecule has 0 radical (unpaired) electrons. The molecular weight excluding hydrogens is 425 g/mol. The van der Waals surface area contributed by atoms with E-state index >= 15 is 0 Å². The van der Waals surface area contributed by atoms with Crippen molar-refractivity contribution >= 4 is 17.2 Å². The fourth-order valence-electron chi connectivity index (χ4n) is 3.54. The van der Waals surface area contributed by atoms with Gasteiger partial charge in [-0.15, -0.1) is 28.5 Å². The highest BCUT2D eigenvalue weighted by Gasteiger charge is 2.32. The van der Waals surface area contributed by atoms with Crippen LogP contribution in [0.3, 0.4) is 0 Å². The molecule has 0 aliphatic carbocycles. The molecule has 172 valence electrons. The summed E-state index contributed by atoms with van der Waals surface area (Å²) in [5.74, 6) is 1.56. The van der Waals surface area contributed by atoms with Crippen LogP contribution >= 0.6 is 0 Å². The molecule has 3 aromatic rings. The van der Waals surface area contributed by atoms with Gasteiger partial charge in [-0.3, -0.25) is 0 Å². The van der Waals surface area contributed by atoms with E-state index in [-0.39, 0.29) is 5.75 Å². The quantitative estimate of drug-likeness (QED) is 0.573. The molecule has 1 atom stereocenters. The first-order valence-corrected chi connectivity index (χ1v) is 10.6. The number of alkyl halides is 3. The Kier molecular flexibility index (Phi) is 5.98. The molecule has 8 nitrogen and oxygen atoms in total. The minimum absolute atomic E-state index is 0.291. The normalized spacial score (nSPS) is 14.8.